The van der Waals surface area contributed by atoms with E-state index in [4.69, 9.17) is 12.2 Å². The molecular weight excluding hydrogens is 208 g/mol. The molecule has 0 amide bonds. The van der Waals surface area contributed by atoms with Gasteiger partial charge in [0.1, 0.15) is 5.82 Å². The standard InChI is InChI=1S/C8H13F2N3S/c1-4-6-11-12-7(14)13(6)5(2)8(3,9)10/h5H,4H2,1-3H3,(H,12,14). The molecule has 0 saturated heterocycles. The van der Waals surface area contributed by atoms with Gasteiger partial charge in [-0.2, -0.15) is 5.10 Å². The summed E-state index contributed by atoms with van der Waals surface area (Å²) in [6, 6.07) is -0.969. The van der Waals surface area contributed by atoms with Gasteiger partial charge in [0.25, 0.3) is 5.92 Å². The van der Waals surface area contributed by atoms with Gasteiger partial charge in [-0.05, 0) is 19.1 Å². The predicted molar refractivity (Wildman–Crippen MR) is 52.1 cm³/mol. The van der Waals surface area contributed by atoms with Crippen LogP contribution in [-0.4, -0.2) is 20.7 Å². The summed E-state index contributed by atoms with van der Waals surface area (Å²) in [7, 11) is 0. The first-order chi connectivity index (χ1) is 6.38. The molecule has 0 aliphatic rings. The molecule has 0 saturated carbocycles. The Morgan fingerprint density at radius 1 is 1.64 bits per heavy atom. The Labute approximate surface area is 86.1 Å². The number of H-pyrrole nitrogens is 1. The molecule has 0 spiro atoms. The van der Waals surface area contributed by atoms with E-state index < -0.39 is 12.0 Å². The average Bonchev–Trinajstić information content (AvgIpc) is 2.43. The van der Waals surface area contributed by atoms with Crippen LogP contribution in [0.4, 0.5) is 8.78 Å². The van der Waals surface area contributed by atoms with Crippen molar-refractivity contribution in [2.45, 2.75) is 39.2 Å². The van der Waals surface area contributed by atoms with Crippen molar-refractivity contribution in [3.63, 3.8) is 0 Å². The van der Waals surface area contributed by atoms with Crippen LogP contribution in [0, 0.1) is 4.77 Å². The number of hydrogen-bond acceptors (Lipinski definition) is 2. The molecule has 1 rings (SSSR count). The second-order valence-corrected chi connectivity index (χ2v) is 3.69. The number of rotatable bonds is 3. The minimum absolute atomic E-state index is 0.246. The van der Waals surface area contributed by atoms with Crippen LogP contribution < -0.4 is 0 Å². The minimum Gasteiger partial charge on any atom is -0.295 e. The van der Waals surface area contributed by atoms with E-state index >= 15 is 0 Å². The fraction of sp³-hybridized carbons (Fsp3) is 0.750. The monoisotopic (exact) mass is 221 g/mol. The number of hydrogen-bond donors (Lipinski definition) is 1. The molecule has 80 valence electrons. The van der Waals surface area contributed by atoms with Gasteiger partial charge in [0.15, 0.2) is 4.77 Å². The van der Waals surface area contributed by atoms with Gasteiger partial charge < -0.3 is 0 Å². The first kappa shape index (κ1) is 11.3. The van der Waals surface area contributed by atoms with Gasteiger partial charge in [-0.3, -0.25) is 9.67 Å². The van der Waals surface area contributed by atoms with Crippen LogP contribution >= 0.6 is 12.2 Å². The molecule has 1 aromatic rings. The van der Waals surface area contributed by atoms with E-state index in [-0.39, 0.29) is 4.77 Å². The Kier molecular flexibility index (Phi) is 3.04. The lowest BCUT2D eigenvalue weighted by Crippen LogP contribution is -2.26. The molecule has 0 aliphatic carbocycles. The van der Waals surface area contributed by atoms with Crippen molar-refractivity contribution in [3.8, 4) is 0 Å². The average molecular weight is 221 g/mol. The molecule has 1 heterocycles. The maximum atomic E-state index is 13.1. The highest BCUT2D eigenvalue weighted by Gasteiger charge is 2.33. The van der Waals surface area contributed by atoms with Gasteiger partial charge in [0.2, 0.25) is 0 Å². The van der Waals surface area contributed by atoms with Crippen LogP contribution in [0.1, 0.15) is 32.6 Å². The summed E-state index contributed by atoms with van der Waals surface area (Å²) in [6.45, 7) is 4.17. The van der Waals surface area contributed by atoms with Crippen molar-refractivity contribution in [2.24, 2.45) is 0 Å². The van der Waals surface area contributed by atoms with Gasteiger partial charge in [-0.15, -0.1) is 0 Å². The third-order valence-electron chi connectivity index (χ3n) is 2.21. The number of nitrogens with one attached hydrogen (secondary N) is 1. The van der Waals surface area contributed by atoms with Gasteiger partial charge >= 0.3 is 0 Å². The lowest BCUT2D eigenvalue weighted by molar-refractivity contribution is -0.0273. The number of alkyl halides is 2. The van der Waals surface area contributed by atoms with E-state index in [1.165, 1.54) is 11.5 Å². The normalized spacial score (nSPS) is 14.4. The predicted octanol–water partition coefficient (Wildman–Crippen LogP) is 2.72. The van der Waals surface area contributed by atoms with Crippen molar-refractivity contribution < 1.29 is 8.78 Å². The summed E-state index contributed by atoms with van der Waals surface area (Å²) in [6.07, 6.45) is 0.577. The number of halogens is 2. The van der Waals surface area contributed by atoms with Crippen LogP contribution in [0.3, 0.4) is 0 Å². The van der Waals surface area contributed by atoms with Crippen LogP contribution in [0.5, 0.6) is 0 Å². The quantitative estimate of drug-likeness (QED) is 0.796. The smallest absolute Gasteiger partial charge is 0.265 e. The molecule has 0 fully saturated rings. The topological polar surface area (TPSA) is 33.6 Å². The molecule has 1 N–H and O–H groups in total. The third-order valence-corrected chi connectivity index (χ3v) is 2.50. The van der Waals surface area contributed by atoms with E-state index in [9.17, 15) is 8.78 Å². The molecule has 1 aromatic heterocycles. The molecule has 1 atom stereocenters. The fourth-order valence-corrected chi connectivity index (χ4v) is 1.52. The number of aromatic amines is 1. The molecule has 3 nitrogen and oxygen atoms in total. The summed E-state index contributed by atoms with van der Waals surface area (Å²) in [5.41, 5.74) is 0. The maximum absolute atomic E-state index is 13.1. The Balaban J connectivity index is 3.17. The van der Waals surface area contributed by atoms with Crippen molar-refractivity contribution in [2.75, 3.05) is 0 Å². The summed E-state index contributed by atoms with van der Waals surface area (Å²) in [5, 5.41) is 6.40. The van der Waals surface area contributed by atoms with Gasteiger partial charge in [-0.1, -0.05) is 6.92 Å². The fourth-order valence-electron chi connectivity index (χ4n) is 1.21. The highest BCUT2D eigenvalue weighted by molar-refractivity contribution is 7.71. The zero-order valence-electron chi connectivity index (χ0n) is 8.34. The van der Waals surface area contributed by atoms with Crippen molar-refractivity contribution in [1.29, 1.82) is 0 Å². The van der Waals surface area contributed by atoms with E-state index in [0.29, 0.717) is 12.2 Å². The Bertz CT molecular complexity index is 363. The lowest BCUT2D eigenvalue weighted by atomic mass is 10.2. The summed E-state index contributed by atoms with van der Waals surface area (Å²) >= 11 is 4.90. The number of aryl methyl sites for hydroxylation is 1. The number of aromatic nitrogens is 3. The molecule has 14 heavy (non-hydrogen) atoms. The zero-order valence-corrected chi connectivity index (χ0v) is 9.16. The summed E-state index contributed by atoms with van der Waals surface area (Å²) < 4.78 is 27.7. The van der Waals surface area contributed by atoms with Crippen molar-refractivity contribution in [3.05, 3.63) is 10.6 Å². The van der Waals surface area contributed by atoms with Crippen LogP contribution in [-0.2, 0) is 6.42 Å². The second-order valence-electron chi connectivity index (χ2n) is 3.30. The lowest BCUT2D eigenvalue weighted by Gasteiger charge is -2.21. The van der Waals surface area contributed by atoms with Gasteiger partial charge in [-0.25, -0.2) is 8.78 Å². The highest BCUT2D eigenvalue weighted by Crippen LogP contribution is 2.28. The molecule has 0 aliphatic heterocycles. The summed E-state index contributed by atoms with van der Waals surface area (Å²) in [5.74, 6) is -2.24. The van der Waals surface area contributed by atoms with Crippen molar-refractivity contribution >= 4 is 12.2 Å². The van der Waals surface area contributed by atoms with Gasteiger partial charge in [0.05, 0.1) is 6.04 Å². The maximum Gasteiger partial charge on any atom is 0.265 e. The van der Waals surface area contributed by atoms with E-state index in [1.807, 2.05) is 6.92 Å². The molecule has 6 heteroatoms. The summed E-state index contributed by atoms with van der Waals surface area (Å²) in [4.78, 5) is 0. The highest BCUT2D eigenvalue weighted by atomic mass is 32.1. The second kappa shape index (κ2) is 3.76. The molecule has 0 bridgehead atoms. The molecule has 1 unspecified atom stereocenters. The third kappa shape index (κ3) is 2.00. The largest absolute Gasteiger partial charge is 0.295 e. The molecular formula is C8H13F2N3S. The van der Waals surface area contributed by atoms with E-state index in [0.717, 1.165) is 6.92 Å². The first-order valence-corrected chi connectivity index (χ1v) is 4.82. The minimum atomic E-state index is -2.80. The molecule has 0 aromatic carbocycles. The van der Waals surface area contributed by atoms with Gasteiger partial charge in [0, 0.05) is 13.3 Å². The zero-order chi connectivity index (χ0) is 10.9. The van der Waals surface area contributed by atoms with Crippen LogP contribution in [0.15, 0.2) is 0 Å². The van der Waals surface area contributed by atoms with E-state index in [1.54, 1.807) is 0 Å². The SMILES string of the molecule is CCc1n[nH]c(=S)n1C(C)C(C)(F)F. The Hall–Kier alpha value is -0.780. The van der Waals surface area contributed by atoms with E-state index in [2.05, 4.69) is 10.2 Å². The Morgan fingerprint density at radius 2 is 2.21 bits per heavy atom. The first-order valence-electron chi connectivity index (χ1n) is 4.41. The molecule has 0 radical (unpaired) electrons. The van der Waals surface area contributed by atoms with Crippen molar-refractivity contribution in [1.82, 2.24) is 14.8 Å². The van der Waals surface area contributed by atoms with Crippen LogP contribution in [0.2, 0.25) is 0 Å². The number of nitrogens with zero attached hydrogens (tertiary/aromatic N) is 2. The Morgan fingerprint density at radius 3 is 2.64 bits per heavy atom. The van der Waals surface area contributed by atoms with Crippen LogP contribution in [0.25, 0.3) is 0 Å².